The Morgan fingerprint density at radius 3 is 2.77 bits per heavy atom. The highest BCUT2D eigenvalue weighted by Gasteiger charge is 2.22. The van der Waals surface area contributed by atoms with E-state index in [0.29, 0.717) is 36.2 Å². The summed E-state index contributed by atoms with van der Waals surface area (Å²) in [7, 11) is 1.79. The second-order valence-electron chi connectivity index (χ2n) is 6.53. The molecule has 2 aromatic rings. The van der Waals surface area contributed by atoms with Gasteiger partial charge in [-0.25, -0.2) is 4.98 Å². The minimum Gasteiger partial charge on any atom is -0.346 e. The van der Waals surface area contributed by atoms with Gasteiger partial charge in [0.1, 0.15) is 5.82 Å². The van der Waals surface area contributed by atoms with E-state index in [1.807, 2.05) is 18.7 Å². The van der Waals surface area contributed by atoms with Crippen LogP contribution < -0.4 is 10.2 Å². The van der Waals surface area contributed by atoms with Crippen LogP contribution in [0.2, 0.25) is 0 Å². The number of aromatic nitrogens is 3. The van der Waals surface area contributed by atoms with Crippen LogP contribution in [0.1, 0.15) is 41.8 Å². The third-order valence-electron chi connectivity index (χ3n) is 4.18. The number of hydrogen-bond acceptors (Lipinski definition) is 7. The van der Waals surface area contributed by atoms with Crippen molar-refractivity contribution in [2.75, 3.05) is 31.6 Å². The van der Waals surface area contributed by atoms with Crippen LogP contribution in [0.15, 0.2) is 22.9 Å². The molecule has 26 heavy (non-hydrogen) atoms. The van der Waals surface area contributed by atoms with Gasteiger partial charge in [0.25, 0.3) is 5.91 Å². The van der Waals surface area contributed by atoms with Crippen LogP contribution in [0, 0.1) is 0 Å². The number of carbonyl (C=O) groups is 2. The lowest BCUT2D eigenvalue weighted by Gasteiger charge is -2.32. The summed E-state index contributed by atoms with van der Waals surface area (Å²) in [5.74, 6) is 1.59. The Bertz CT molecular complexity index is 786. The van der Waals surface area contributed by atoms with E-state index in [4.69, 9.17) is 4.52 Å². The van der Waals surface area contributed by atoms with Gasteiger partial charge in [0.05, 0.1) is 18.7 Å². The number of anilines is 1. The predicted molar refractivity (Wildman–Crippen MR) is 93.6 cm³/mol. The van der Waals surface area contributed by atoms with E-state index in [-0.39, 0.29) is 24.3 Å². The fourth-order valence-electron chi connectivity index (χ4n) is 2.50. The van der Waals surface area contributed by atoms with Crippen molar-refractivity contribution >= 4 is 17.6 Å². The van der Waals surface area contributed by atoms with Gasteiger partial charge in [-0.1, -0.05) is 19.0 Å². The molecule has 0 atom stereocenters. The quantitative estimate of drug-likeness (QED) is 0.843. The van der Waals surface area contributed by atoms with E-state index < -0.39 is 0 Å². The minimum absolute atomic E-state index is 0.0562. The van der Waals surface area contributed by atoms with Crippen LogP contribution in [0.4, 0.5) is 5.82 Å². The molecule has 3 rings (SSSR count). The highest BCUT2D eigenvalue weighted by molar-refractivity contribution is 5.94. The first-order valence-corrected chi connectivity index (χ1v) is 8.49. The molecule has 1 saturated heterocycles. The molecule has 1 aliphatic rings. The highest BCUT2D eigenvalue weighted by atomic mass is 16.5. The van der Waals surface area contributed by atoms with Crippen molar-refractivity contribution in [2.24, 2.45) is 0 Å². The zero-order valence-corrected chi connectivity index (χ0v) is 15.1. The Labute approximate surface area is 151 Å². The smallest absolute Gasteiger partial charge is 0.253 e. The van der Waals surface area contributed by atoms with Gasteiger partial charge in [0, 0.05) is 32.3 Å². The third-order valence-corrected chi connectivity index (χ3v) is 4.18. The summed E-state index contributed by atoms with van der Waals surface area (Å²) in [5, 5.41) is 6.57. The first kappa shape index (κ1) is 17.8. The molecule has 2 amide bonds. The summed E-state index contributed by atoms with van der Waals surface area (Å²) < 4.78 is 5.10. The normalized spacial score (nSPS) is 14.8. The largest absolute Gasteiger partial charge is 0.346 e. The Morgan fingerprint density at radius 1 is 1.35 bits per heavy atom. The molecule has 1 fully saturated rings. The highest BCUT2D eigenvalue weighted by Crippen LogP contribution is 2.14. The van der Waals surface area contributed by atoms with Crippen LogP contribution >= 0.6 is 0 Å². The van der Waals surface area contributed by atoms with Crippen LogP contribution in [0.5, 0.6) is 0 Å². The van der Waals surface area contributed by atoms with E-state index in [2.05, 4.69) is 20.4 Å². The topological polar surface area (TPSA) is 104 Å². The Morgan fingerprint density at radius 2 is 2.15 bits per heavy atom. The van der Waals surface area contributed by atoms with Gasteiger partial charge >= 0.3 is 0 Å². The molecule has 3 heterocycles. The second-order valence-corrected chi connectivity index (χ2v) is 6.53. The molecule has 9 nitrogen and oxygen atoms in total. The molecule has 1 N–H and O–H groups in total. The number of nitrogens with one attached hydrogen (secondary N) is 1. The Balaban J connectivity index is 1.57. The van der Waals surface area contributed by atoms with E-state index >= 15 is 0 Å². The molecule has 9 heteroatoms. The minimum atomic E-state index is -0.269. The van der Waals surface area contributed by atoms with Crippen molar-refractivity contribution in [2.45, 2.75) is 26.3 Å². The molecule has 0 spiro atoms. The van der Waals surface area contributed by atoms with Crippen molar-refractivity contribution in [3.05, 3.63) is 35.6 Å². The number of hydrogen-bond donors (Lipinski definition) is 1. The van der Waals surface area contributed by atoms with Crippen LogP contribution in [-0.4, -0.2) is 58.5 Å². The average molecular weight is 358 g/mol. The zero-order valence-electron chi connectivity index (χ0n) is 15.1. The molecule has 0 bridgehead atoms. The zero-order chi connectivity index (χ0) is 18.7. The fraction of sp³-hybridized carbons (Fsp3) is 0.471. The number of nitrogens with zero attached hydrogens (tertiary/aromatic N) is 5. The molecule has 1 aliphatic heterocycles. The summed E-state index contributed by atoms with van der Waals surface area (Å²) in [4.78, 5) is 36.1. The maximum atomic E-state index is 12.2. The second kappa shape index (κ2) is 7.51. The van der Waals surface area contributed by atoms with E-state index in [1.165, 1.54) is 6.20 Å². The van der Waals surface area contributed by atoms with Crippen molar-refractivity contribution in [3.63, 3.8) is 0 Å². The number of amides is 2. The standard InChI is InChI=1S/C17H22N6O3/c1-11(2)17-20-13(21-26-17)9-19-16(25)12-4-5-14(18-8-12)23-7-6-22(3)15(24)10-23/h4-5,8,11H,6-7,9-10H2,1-3H3,(H,19,25). The Hall–Kier alpha value is -2.97. The van der Waals surface area contributed by atoms with Crippen LogP contribution in [0.25, 0.3) is 0 Å². The van der Waals surface area contributed by atoms with Crippen molar-refractivity contribution < 1.29 is 14.1 Å². The lowest BCUT2D eigenvalue weighted by Crippen LogP contribution is -2.48. The van der Waals surface area contributed by atoms with Gasteiger partial charge in [0.2, 0.25) is 11.8 Å². The number of likely N-dealkylation sites (N-methyl/N-ethyl adjacent to an activating group) is 1. The van der Waals surface area contributed by atoms with Crippen LogP contribution in [-0.2, 0) is 11.3 Å². The molecule has 0 aliphatic carbocycles. The number of pyridine rings is 1. The first-order valence-electron chi connectivity index (χ1n) is 8.49. The van der Waals surface area contributed by atoms with Crippen molar-refractivity contribution in [1.29, 1.82) is 0 Å². The molecule has 0 unspecified atom stereocenters. The summed E-state index contributed by atoms with van der Waals surface area (Å²) in [6.07, 6.45) is 1.50. The summed E-state index contributed by atoms with van der Waals surface area (Å²) >= 11 is 0. The van der Waals surface area contributed by atoms with E-state index in [0.717, 1.165) is 6.54 Å². The molecular formula is C17H22N6O3. The summed E-state index contributed by atoms with van der Waals surface area (Å²) in [6.45, 7) is 5.77. The van der Waals surface area contributed by atoms with Crippen molar-refractivity contribution in [3.8, 4) is 0 Å². The van der Waals surface area contributed by atoms with E-state index in [9.17, 15) is 9.59 Å². The fourth-order valence-corrected chi connectivity index (χ4v) is 2.50. The monoisotopic (exact) mass is 358 g/mol. The first-order chi connectivity index (χ1) is 12.4. The average Bonchev–Trinajstić information content (AvgIpc) is 3.11. The van der Waals surface area contributed by atoms with E-state index in [1.54, 1.807) is 24.1 Å². The summed E-state index contributed by atoms with van der Waals surface area (Å²) in [6, 6.07) is 3.44. The van der Waals surface area contributed by atoms with Gasteiger partial charge < -0.3 is 19.6 Å². The number of rotatable bonds is 5. The maximum absolute atomic E-state index is 12.2. The summed E-state index contributed by atoms with van der Waals surface area (Å²) in [5.41, 5.74) is 0.432. The van der Waals surface area contributed by atoms with Gasteiger partial charge in [-0.2, -0.15) is 4.98 Å². The maximum Gasteiger partial charge on any atom is 0.253 e. The lowest BCUT2D eigenvalue weighted by atomic mass is 10.2. The molecule has 138 valence electrons. The van der Waals surface area contributed by atoms with Gasteiger partial charge in [-0.15, -0.1) is 0 Å². The number of piperazine rings is 1. The molecule has 0 aromatic carbocycles. The number of carbonyl (C=O) groups excluding carboxylic acids is 2. The lowest BCUT2D eigenvalue weighted by molar-refractivity contribution is -0.129. The Kier molecular flexibility index (Phi) is 5.15. The SMILES string of the molecule is CC(C)c1nc(CNC(=O)c2ccc(N3CCN(C)C(=O)C3)nc2)no1. The molecule has 2 aromatic heterocycles. The van der Waals surface area contributed by atoms with Crippen LogP contribution in [0.3, 0.4) is 0 Å². The molecule has 0 radical (unpaired) electrons. The third kappa shape index (κ3) is 3.98. The van der Waals surface area contributed by atoms with Gasteiger partial charge in [-0.05, 0) is 12.1 Å². The van der Waals surface area contributed by atoms with Gasteiger partial charge in [-0.3, -0.25) is 9.59 Å². The molecular weight excluding hydrogens is 336 g/mol. The van der Waals surface area contributed by atoms with Gasteiger partial charge in [0.15, 0.2) is 5.82 Å². The predicted octanol–water partition coefficient (Wildman–Crippen LogP) is 0.796. The molecule has 0 saturated carbocycles. The van der Waals surface area contributed by atoms with Crippen molar-refractivity contribution in [1.82, 2.24) is 25.3 Å².